The lowest BCUT2D eigenvalue weighted by Crippen LogP contribution is -2.45. The minimum atomic E-state index is 0.138. The molecule has 2 heterocycles. The SMILES string of the molecule is CC(=O)N1CCCN(CC(=O)N2CCC(Cc3ccccc3)CC2)CC1. The molecule has 5 nitrogen and oxygen atoms in total. The molecule has 26 heavy (non-hydrogen) atoms. The fourth-order valence-corrected chi connectivity index (χ4v) is 4.07. The maximum atomic E-state index is 12.7. The zero-order valence-electron chi connectivity index (χ0n) is 15.9. The summed E-state index contributed by atoms with van der Waals surface area (Å²) in [6.45, 7) is 7.13. The summed E-state index contributed by atoms with van der Waals surface area (Å²) in [7, 11) is 0. The summed E-state index contributed by atoms with van der Waals surface area (Å²) >= 11 is 0. The van der Waals surface area contributed by atoms with Crippen LogP contribution in [0.3, 0.4) is 0 Å². The van der Waals surface area contributed by atoms with Gasteiger partial charge in [-0.05, 0) is 37.2 Å². The van der Waals surface area contributed by atoms with Gasteiger partial charge < -0.3 is 9.80 Å². The van der Waals surface area contributed by atoms with Crippen LogP contribution in [0.25, 0.3) is 0 Å². The van der Waals surface area contributed by atoms with Crippen molar-refractivity contribution in [3.8, 4) is 0 Å². The second-order valence-corrected chi connectivity index (χ2v) is 7.65. The monoisotopic (exact) mass is 357 g/mol. The Balaban J connectivity index is 1.41. The smallest absolute Gasteiger partial charge is 0.236 e. The molecule has 0 bridgehead atoms. The van der Waals surface area contributed by atoms with E-state index in [4.69, 9.17) is 0 Å². The van der Waals surface area contributed by atoms with Gasteiger partial charge in [0, 0.05) is 46.2 Å². The fraction of sp³-hybridized carbons (Fsp3) is 0.619. The number of benzene rings is 1. The Morgan fingerprint density at radius 2 is 1.65 bits per heavy atom. The van der Waals surface area contributed by atoms with Gasteiger partial charge in [-0.3, -0.25) is 14.5 Å². The molecule has 0 spiro atoms. The molecule has 0 N–H and O–H groups in total. The number of rotatable bonds is 4. The van der Waals surface area contributed by atoms with Crippen LogP contribution in [0, 0.1) is 5.92 Å². The molecule has 0 atom stereocenters. The molecule has 2 aliphatic rings. The summed E-state index contributed by atoms with van der Waals surface area (Å²) in [4.78, 5) is 30.3. The number of piperidine rings is 1. The molecule has 2 amide bonds. The van der Waals surface area contributed by atoms with Gasteiger partial charge in [-0.15, -0.1) is 0 Å². The van der Waals surface area contributed by atoms with E-state index in [1.165, 1.54) is 5.56 Å². The molecule has 2 fully saturated rings. The number of carbonyl (C=O) groups is 2. The molecule has 3 rings (SSSR count). The summed E-state index contributed by atoms with van der Waals surface area (Å²) in [5.74, 6) is 1.07. The van der Waals surface area contributed by atoms with Crippen molar-refractivity contribution in [3.05, 3.63) is 35.9 Å². The zero-order valence-corrected chi connectivity index (χ0v) is 15.9. The van der Waals surface area contributed by atoms with Crippen LogP contribution in [0.15, 0.2) is 30.3 Å². The molecular weight excluding hydrogens is 326 g/mol. The quantitative estimate of drug-likeness (QED) is 0.828. The highest BCUT2D eigenvalue weighted by Gasteiger charge is 2.25. The summed E-state index contributed by atoms with van der Waals surface area (Å²) in [6, 6.07) is 10.6. The number of nitrogens with zero attached hydrogens (tertiary/aromatic N) is 3. The molecule has 0 unspecified atom stereocenters. The molecule has 1 aromatic carbocycles. The Labute approximate surface area is 156 Å². The Bertz CT molecular complexity index is 597. The van der Waals surface area contributed by atoms with Crippen molar-refractivity contribution in [2.75, 3.05) is 45.8 Å². The molecule has 2 saturated heterocycles. The fourth-order valence-electron chi connectivity index (χ4n) is 4.07. The van der Waals surface area contributed by atoms with Gasteiger partial charge in [-0.25, -0.2) is 0 Å². The molecule has 2 aliphatic heterocycles. The van der Waals surface area contributed by atoms with Gasteiger partial charge in [0.2, 0.25) is 11.8 Å². The van der Waals surface area contributed by atoms with Crippen LogP contribution >= 0.6 is 0 Å². The van der Waals surface area contributed by atoms with Crippen molar-refractivity contribution < 1.29 is 9.59 Å². The van der Waals surface area contributed by atoms with Gasteiger partial charge in [0.05, 0.1) is 6.54 Å². The minimum Gasteiger partial charge on any atom is -0.342 e. The van der Waals surface area contributed by atoms with Crippen molar-refractivity contribution >= 4 is 11.8 Å². The first-order valence-corrected chi connectivity index (χ1v) is 9.91. The predicted octanol–water partition coefficient (Wildman–Crippen LogP) is 2.02. The molecule has 1 aromatic rings. The van der Waals surface area contributed by atoms with Gasteiger partial charge in [-0.2, -0.15) is 0 Å². The van der Waals surface area contributed by atoms with E-state index in [1.54, 1.807) is 6.92 Å². The number of hydrogen-bond acceptors (Lipinski definition) is 3. The molecule has 142 valence electrons. The molecule has 0 aromatic heterocycles. The van der Waals surface area contributed by atoms with E-state index >= 15 is 0 Å². The summed E-state index contributed by atoms with van der Waals surface area (Å²) in [6.07, 6.45) is 4.26. The van der Waals surface area contributed by atoms with Crippen LogP contribution in [0.1, 0.15) is 31.7 Å². The molecule has 5 heteroatoms. The molecular formula is C21H31N3O2. The van der Waals surface area contributed by atoms with E-state index in [2.05, 4.69) is 35.2 Å². The number of hydrogen-bond donors (Lipinski definition) is 0. The van der Waals surface area contributed by atoms with E-state index in [-0.39, 0.29) is 11.8 Å². The predicted molar refractivity (Wildman–Crippen MR) is 103 cm³/mol. The number of likely N-dealkylation sites (tertiary alicyclic amines) is 1. The topological polar surface area (TPSA) is 43.9 Å². The van der Waals surface area contributed by atoms with Crippen LogP contribution in [0.5, 0.6) is 0 Å². The van der Waals surface area contributed by atoms with Gasteiger partial charge >= 0.3 is 0 Å². The largest absolute Gasteiger partial charge is 0.342 e. The van der Waals surface area contributed by atoms with E-state index in [1.807, 2.05) is 9.80 Å². The van der Waals surface area contributed by atoms with Crippen LogP contribution in [-0.4, -0.2) is 72.3 Å². The van der Waals surface area contributed by atoms with Gasteiger partial charge in [0.25, 0.3) is 0 Å². The van der Waals surface area contributed by atoms with Gasteiger partial charge in [0.15, 0.2) is 0 Å². The van der Waals surface area contributed by atoms with Crippen molar-refractivity contribution in [1.82, 2.24) is 14.7 Å². The van der Waals surface area contributed by atoms with Crippen molar-refractivity contribution in [3.63, 3.8) is 0 Å². The average Bonchev–Trinajstić information content (AvgIpc) is 2.89. The third kappa shape index (κ3) is 5.31. The zero-order chi connectivity index (χ0) is 18.4. The lowest BCUT2D eigenvalue weighted by Gasteiger charge is -2.33. The highest BCUT2D eigenvalue weighted by Crippen LogP contribution is 2.22. The van der Waals surface area contributed by atoms with E-state index in [0.29, 0.717) is 12.5 Å². The van der Waals surface area contributed by atoms with Gasteiger partial charge in [-0.1, -0.05) is 30.3 Å². The summed E-state index contributed by atoms with van der Waals surface area (Å²) in [5.41, 5.74) is 1.40. The second-order valence-electron chi connectivity index (χ2n) is 7.65. The minimum absolute atomic E-state index is 0.138. The summed E-state index contributed by atoms with van der Waals surface area (Å²) < 4.78 is 0. The third-order valence-corrected chi connectivity index (χ3v) is 5.73. The van der Waals surface area contributed by atoms with Crippen molar-refractivity contribution in [1.29, 1.82) is 0 Å². The highest BCUT2D eigenvalue weighted by atomic mass is 16.2. The number of amides is 2. The Morgan fingerprint density at radius 1 is 0.923 bits per heavy atom. The molecule has 0 radical (unpaired) electrons. The second kappa shape index (κ2) is 9.17. The third-order valence-electron chi connectivity index (χ3n) is 5.73. The van der Waals surface area contributed by atoms with E-state index in [9.17, 15) is 9.59 Å². The van der Waals surface area contributed by atoms with Gasteiger partial charge in [0.1, 0.15) is 0 Å². The first-order chi connectivity index (χ1) is 12.6. The lowest BCUT2D eigenvalue weighted by molar-refractivity contribution is -0.133. The van der Waals surface area contributed by atoms with Crippen molar-refractivity contribution in [2.24, 2.45) is 5.92 Å². The summed E-state index contributed by atoms with van der Waals surface area (Å²) in [5, 5.41) is 0. The Hall–Kier alpha value is -1.88. The maximum absolute atomic E-state index is 12.7. The Kier molecular flexibility index (Phi) is 6.67. The first-order valence-electron chi connectivity index (χ1n) is 9.91. The molecule has 0 saturated carbocycles. The van der Waals surface area contributed by atoms with Crippen molar-refractivity contribution in [2.45, 2.75) is 32.6 Å². The van der Waals surface area contributed by atoms with Crippen LogP contribution in [0.2, 0.25) is 0 Å². The van der Waals surface area contributed by atoms with E-state index in [0.717, 1.165) is 65.0 Å². The van der Waals surface area contributed by atoms with Crippen LogP contribution < -0.4 is 0 Å². The number of carbonyl (C=O) groups excluding carboxylic acids is 2. The normalized spacial score (nSPS) is 20.0. The highest BCUT2D eigenvalue weighted by molar-refractivity contribution is 5.78. The van der Waals surface area contributed by atoms with Crippen LogP contribution in [-0.2, 0) is 16.0 Å². The van der Waals surface area contributed by atoms with E-state index < -0.39 is 0 Å². The lowest BCUT2D eigenvalue weighted by atomic mass is 9.90. The Morgan fingerprint density at radius 3 is 2.35 bits per heavy atom. The standard InChI is InChI=1S/C21H31N3O2/c1-18(25)23-11-5-10-22(14-15-23)17-21(26)24-12-8-20(9-13-24)16-19-6-3-2-4-7-19/h2-4,6-7,20H,5,8-17H2,1H3. The average molecular weight is 357 g/mol. The van der Waals surface area contributed by atoms with Crippen LogP contribution in [0.4, 0.5) is 0 Å². The first kappa shape index (κ1) is 18.9. The molecule has 0 aliphatic carbocycles. The maximum Gasteiger partial charge on any atom is 0.236 e.